The van der Waals surface area contributed by atoms with Crippen LogP contribution in [0.25, 0.3) is 10.9 Å². The molecule has 2 aromatic rings. The fourth-order valence-electron chi connectivity index (χ4n) is 1.95. The molecule has 2 nitrogen and oxygen atoms in total. The maximum Gasteiger partial charge on any atom is 0.161 e. The van der Waals surface area contributed by atoms with E-state index in [0.29, 0.717) is 0 Å². The van der Waals surface area contributed by atoms with E-state index in [4.69, 9.17) is 0 Å². The van der Waals surface area contributed by atoms with Gasteiger partial charge >= 0.3 is 0 Å². The van der Waals surface area contributed by atoms with E-state index >= 15 is 0 Å². The number of para-hydroxylation sites is 1. The Balaban J connectivity index is 2.67. The molecule has 1 aromatic carbocycles. The Labute approximate surface area is 89.5 Å². The quantitative estimate of drug-likeness (QED) is 0.699. The molecule has 2 rings (SSSR count). The van der Waals surface area contributed by atoms with Gasteiger partial charge in [-0.3, -0.25) is 4.79 Å². The molecule has 15 heavy (non-hydrogen) atoms. The van der Waals surface area contributed by atoms with Crippen molar-refractivity contribution in [3.63, 3.8) is 0 Å². The molecule has 0 fully saturated rings. The van der Waals surface area contributed by atoms with Crippen molar-refractivity contribution in [1.82, 2.24) is 4.57 Å². The molecule has 0 aliphatic heterocycles. The third-order valence-corrected chi connectivity index (χ3v) is 2.63. The summed E-state index contributed by atoms with van der Waals surface area (Å²) >= 11 is 0. The van der Waals surface area contributed by atoms with Gasteiger partial charge in [0, 0.05) is 29.2 Å². The Kier molecular flexibility index (Phi) is 2.58. The van der Waals surface area contributed by atoms with Crippen LogP contribution < -0.4 is 0 Å². The van der Waals surface area contributed by atoms with Crippen molar-refractivity contribution in [3.8, 4) is 0 Å². The minimum Gasteiger partial charge on any atom is -0.347 e. The molecule has 0 atom stereocenters. The van der Waals surface area contributed by atoms with Crippen LogP contribution in [0.1, 0.15) is 30.6 Å². The molecule has 1 heterocycles. The Bertz CT molecular complexity index is 496. The number of hydrogen-bond donors (Lipinski definition) is 0. The average Bonchev–Trinajstić information content (AvgIpc) is 2.59. The minimum absolute atomic E-state index is 0.140. The van der Waals surface area contributed by atoms with E-state index in [0.717, 1.165) is 29.4 Å². The highest BCUT2D eigenvalue weighted by molar-refractivity contribution is 6.06. The molecule has 0 aliphatic carbocycles. The summed E-state index contributed by atoms with van der Waals surface area (Å²) in [6.07, 6.45) is 3.05. The van der Waals surface area contributed by atoms with E-state index in [1.54, 1.807) is 6.92 Å². The summed E-state index contributed by atoms with van der Waals surface area (Å²) in [5.41, 5.74) is 1.99. The van der Waals surface area contributed by atoms with Crippen LogP contribution in [0, 0.1) is 0 Å². The Morgan fingerprint density at radius 2 is 2.07 bits per heavy atom. The third kappa shape index (κ3) is 1.67. The number of aromatic nitrogens is 1. The topological polar surface area (TPSA) is 22.0 Å². The first kappa shape index (κ1) is 9.97. The van der Waals surface area contributed by atoms with Gasteiger partial charge in [-0.2, -0.15) is 0 Å². The molecule has 78 valence electrons. The molecule has 1 aromatic heterocycles. The summed E-state index contributed by atoms with van der Waals surface area (Å²) in [5.74, 6) is 0.140. The monoisotopic (exact) mass is 201 g/mol. The number of carbonyl (C=O) groups excluding carboxylic acids is 1. The SMILES string of the molecule is CCCn1cc(C(C)=O)c2ccccc21. The molecular weight excluding hydrogens is 186 g/mol. The lowest BCUT2D eigenvalue weighted by Gasteiger charge is -2.00. The zero-order valence-electron chi connectivity index (χ0n) is 9.16. The normalized spacial score (nSPS) is 10.8. The lowest BCUT2D eigenvalue weighted by molar-refractivity contribution is 0.101. The van der Waals surface area contributed by atoms with Crippen LogP contribution in [0.15, 0.2) is 30.5 Å². The molecule has 0 N–H and O–H groups in total. The van der Waals surface area contributed by atoms with Gasteiger partial charge in [0.25, 0.3) is 0 Å². The highest BCUT2D eigenvalue weighted by Crippen LogP contribution is 2.21. The lowest BCUT2D eigenvalue weighted by atomic mass is 10.1. The summed E-state index contributed by atoms with van der Waals surface area (Å²) in [6, 6.07) is 8.07. The number of hydrogen-bond acceptors (Lipinski definition) is 1. The Hall–Kier alpha value is -1.57. The van der Waals surface area contributed by atoms with Crippen LogP contribution in [-0.2, 0) is 6.54 Å². The number of ketones is 1. The maximum absolute atomic E-state index is 11.5. The molecule has 2 heteroatoms. The van der Waals surface area contributed by atoms with Crippen LogP contribution in [0.4, 0.5) is 0 Å². The van der Waals surface area contributed by atoms with Crippen LogP contribution in [0.2, 0.25) is 0 Å². The average molecular weight is 201 g/mol. The first-order chi connectivity index (χ1) is 7.24. The highest BCUT2D eigenvalue weighted by atomic mass is 16.1. The van der Waals surface area contributed by atoms with E-state index < -0.39 is 0 Å². The first-order valence-electron chi connectivity index (χ1n) is 5.33. The third-order valence-electron chi connectivity index (χ3n) is 2.63. The van der Waals surface area contributed by atoms with Crippen molar-refractivity contribution in [3.05, 3.63) is 36.0 Å². The first-order valence-corrected chi connectivity index (χ1v) is 5.33. The van der Waals surface area contributed by atoms with Gasteiger partial charge in [0.15, 0.2) is 5.78 Å². The van der Waals surface area contributed by atoms with Crippen LogP contribution in [-0.4, -0.2) is 10.4 Å². The van der Waals surface area contributed by atoms with Crippen molar-refractivity contribution in [2.45, 2.75) is 26.8 Å². The number of aryl methyl sites for hydroxylation is 1. The van der Waals surface area contributed by atoms with Crippen molar-refractivity contribution in [1.29, 1.82) is 0 Å². The van der Waals surface area contributed by atoms with E-state index in [1.807, 2.05) is 24.4 Å². The predicted molar refractivity (Wildman–Crippen MR) is 62.2 cm³/mol. The van der Waals surface area contributed by atoms with Crippen LogP contribution in [0.5, 0.6) is 0 Å². The molecule has 0 saturated heterocycles. The lowest BCUT2D eigenvalue weighted by Crippen LogP contribution is -1.94. The van der Waals surface area contributed by atoms with E-state index in [1.165, 1.54) is 0 Å². The second-order valence-corrected chi connectivity index (χ2v) is 3.81. The van der Waals surface area contributed by atoms with Gasteiger partial charge < -0.3 is 4.57 Å². The van der Waals surface area contributed by atoms with Gasteiger partial charge in [0.05, 0.1) is 0 Å². The molecule has 0 spiro atoms. The molecule has 0 unspecified atom stereocenters. The van der Waals surface area contributed by atoms with Gasteiger partial charge in [-0.25, -0.2) is 0 Å². The van der Waals surface area contributed by atoms with E-state index in [2.05, 4.69) is 17.6 Å². The van der Waals surface area contributed by atoms with Gasteiger partial charge in [-0.05, 0) is 19.4 Å². The van der Waals surface area contributed by atoms with Gasteiger partial charge in [0.1, 0.15) is 0 Å². The van der Waals surface area contributed by atoms with Crippen LogP contribution in [0.3, 0.4) is 0 Å². The molecule has 0 amide bonds. The van der Waals surface area contributed by atoms with Crippen molar-refractivity contribution in [2.75, 3.05) is 0 Å². The number of fused-ring (bicyclic) bond motifs is 1. The van der Waals surface area contributed by atoms with Gasteiger partial charge in [0.2, 0.25) is 0 Å². The van der Waals surface area contributed by atoms with E-state index in [9.17, 15) is 4.79 Å². The van der Waals surface area contributed by atoms with Crippen molar-refractivity contribution in [2.24, 2.45) is 0 Å². The largest absolute Gasteiger partial charge is 0.347 e. The zero-order valence-corrected chi connectivity index (χ0v) is 9.16. The van der Waals surface area contributed by atoms with Gasteiger partial charge in [-0.1, -0.05) is 25.1 Å². The standard InChI is InChI=1S/C13H15NO/c1-3-8-14-9-12(10(2)15)11-6-4-5-7-13(11)14/h4-7,9H,3,8H2,1-2H3. The molecule has 0 saturated carbocycles. The number of carbonyl (C=O) groups is 1. The van der Waals surface area contributed by atoms with Crippen molar-refractivity contribution >= 4 is 16.7 Å². The number of nitrogens with zero attached hydrogens (tertiary/aromatic N) is 1. The second kappa shape index (κ2) is 3.89. The molecule has 0 bridgehead atoms. The second-order valence-electron chi connectivity index (χ2n) is 3.81. The Morgan fingerprint density at radius 1 is 1.33 bits per heavy atom. The fraction of sp³-hybridized carbons (Fsp3) is 0.308. The zero-order chi connectivity index (χ0) is 10.8. The molecule has 0 radical (unpaired) electrons. The van der Waals surface area contributed by atoms with Crippen LogP contribution >= 0.6 is 0 Å². The van der Waals surface area contributed by atoms with E-state index in [-0.39, 0.29) is 5.78 Å². The number of Topliss-reactive ketones (excluding diaryl/α,β-unsaturated/α-hetero) is 1. The van der Waals surface area contributed by atoms with Gasteiger partial charge in [-0.15, -0.1) is 0 Å². The number of benzene rings is 1. The van der Waals surface area contributed by atoms with Crippen molar-refractivity contribution < 1.29 is 4.79 Å². The summed E-state index contributed by atoms with van der Waals surface area (Å²) in [6.45, 7) is 4.73. The number of rotatable bonds is 3. The summed E-state index contributed by atoms with van der Waals surface area (Å²) < 4.78 is 2.16. The smallest absolute Gasteiger partial charge is 0.161 e. The maximum atomic E-state index is 11.5. The summed E-state index contributed by atoms with van der Waals surface area (Å²) in [4.78, 5) is 11.5. The summed E-state index contributed by atoms with van der Waals surface area (Å²) in [7, 11) is 0. The Morgan fingerprint density at radius 3 is 2.73 bits per heavy atom. The predicted octanol–water partition coefficient (Wildman–Crippen LogP) is 3.25. The molecular formula is C13H15NO. The fourth-order valence-corrected chi connectivity index (χ4v) is 1.95. The minimum atomic E-state index is 0.140. The highest BCUT2D eigenvalue weighted by Gasteiger charge is 2.10. The summed E-state index contributed by atoms with van der Waals surface area (Å²) in [5, 5.41) is 1.07. The molecule has 0 aliphatic rings.